The Hall–Kier alpha value is -4.25. The molecule has 228 valence electrons. The highest BCUT2D eigenvalue weighted by atomic mass is 19.4. The lowest BCUT2D eigenvalue weighted by Crippen LogP contribution is -2.25. The van der Waals surface area contributed by atoms with Gasteiger partial charge in [-0.2, -0.15) is 31.3 Å². The number of ether oxygens (including phenoxy) is 1. The predicted octanol–water partition coefficient (Wildman–Crippen LogP) is 3.75. The first-order chi connectivity index (χ1) is 19.7. The lowest BCUT2D eigenvalue weighted by atomic mass is 9.95. The molecular formula is C25H25F6N5O6. The number of pyridine rings is 1. The molecule has 4 heterocycles. The van der Waals surface area contributed by atoms with Crippen molar-refractivity contribution in [2.75, 3.05) is 19.7 Å². The number of carboxylic acid groups (broad SMARTS) is 2. The van der Waals surface area contributed by atoms with E-state index in [1.807, 2.05) is 31.3 Å². The van der Waals surface area contributed by atoms with Crippen LogP contribution in [-0.4, -0.2) is 74.2 Å². The van der Waals surface area contributed by atoms with Gasteiger partial charge in [-0.25, -0.2) is 9.59 Å². The summed E-state index contributed by atoms with van der Waals surface area (Å²) in [6, 6.07) is 8.17. The van der Waals surface area contributed by atoms with E-state index in [0.717, 1.165) is 49.6 Å². The number of aryl methyl sites for hydroxylation is 1. The molecule has 17 heteroatoms. The number of fused-ring (bicyclic) bond motifs is 2. The van der Waals surface area contributed by atoms with E-state index in [1.165, 1.54) is 16.7 Å². The Balaban J connectivity index is 0.000000289. The number of carbonyl (C=O) groups is 2. The Morgan fingerprint density at radius 1 is 1.05 bits per heavy atom. The number of alkyl halides is 6. The van der Waals surface area contributed by atoms with Crippen LogP contribution in [0.5, 0.6) is 5.75 Å². The molecule has 2 aliphatic rings. The van der Waals surface area contributed by atoms with E-state index in [2.05, 4.69) is 26.4 Å². The lowest BCUT2D eigenvalue weighted by molar-refractivity contribution is -0.193. The standard InChI is InChI=1S/C21H23N5O2.2C2HF3O2/c1-14-20(17-6-7-22-10-16(17)11-23-14)21-24-19(28-25-21)13-26-8-9-27-18-5-3-2-4-15(18)12-26;2*3-2(4,5)1(6)7/h2-5,11,22H,6-10,12-13H2,1H3;2*(H,6,7). The predicted molar refractivity (Wildman–Crippen MR) is 131 cm³/mol. The number of hydrogen-bond acceptors (Lipinski definition) is 9. The maximum atomic E-state index is 10.6. The van der Waals surface area contributed by atoms with Gasteiger partial charge in [0.15, 0.2) is 0 Å². The molecule has 0 atom stereocenters. The largest absolute Gasteiger partial charge is 0.492 e. The highest BCUT2D eigenvalue weighted by Gasteiger charge is 2.38. The van der Waals surface area contributed by atoms with Crippen LogP contribution in [0.3, 0.4) is 0 Å². The molecule has 0 amide bonds. The van der Waals surface area contributed by atoms with Crippen molar-refractivity contribution in [3.05, 3.63) is 58.7 Å². The Labute approximate surface area is 234 Å². The van der Waals surface area contributed by atoms with Crippen LogP contribution in [0.2, 0.25) is 0 Å². The van der Waals surface area contributed by atoms with Gasteiger partial charge in [-0.1, -0.05) is 23.4 Å². The van der Waals surface area contributed by atoms with Gasteiger partial charge in [0.2, 0.25) is 11.7 Å². The Kier molecular flexibility index (Phi) is 10.5. The van der Waals surface area contributed by atoms with Crippen LogP contribution in [0.25, 0.3) is 11.4 Å². The molecule has 2 aromatic heterocycles. The average Bonchev–Trinajstić information content (AvgIpc) is 3.26. The van der Waals surface area contributed by atoms with Crippen molar-refractivity contribution < 1.29 is 55.4 Å². The van der Waals surface area contributed by atoms with Crippen molar-refractivity contribution in [1.29, 1.82) is 0 Å². The summed E-state index contributed by atoms with van der Waals surface area (Å²) in [4.78, 5) is 29.3. The van der Waals surface area contributed by atoms with E-state index < -0.39 is 24.3 Å². The monoisotopic (exact) mass is 605 g/mol. The SMILES string of the molecule is Cc1ncc2c(c1-c1noc(CN3CCOc4ccccc4C3)n1)CCNC2.O=C(O)C(F)(F)F.O=C(O)C(F)(F)F. The van der Waals surface area contributed by atoms with Crippen molar-refractivity contribution in [3.63, 3.8) is 0 Å². The zero-order valence-electron chi connectivity index (χ0n) is 21.9. The molecule has 0 aliphatic carbocycles. The summed E-state index contributed by atoms with van der Waals surface area (Å²) in [5, 5.41) is 21.9. The normalized spacial score (nSPS) is 14.9. The van der Waals surface area contributed by atoms with Crippen LogP contribution in [0.4, 0.5) is 26.3 Å². The molecule has 0 unspecified atom stereocenters. The Bertz CT molecular complexity index is 1370. The molecule has 0 spiro atoms. The van der Waals surface area contributed by atoms with Crippen molar-refractivity contribution in [1.82, 2.24) is 25.3 Å². The first kappa shape index (κ1) is 32.3. The molecule has 3 N–H and O–H groups in total. The molecule has 0 saturated heterocycles. The first-order valence-electron chi connectivity index (χ1n) is 12.2. The second-order valence-electron chi connectivity index (χ2n) is 8.93. The van der Waals surface area contributed by atoms with E-state index in [1.54, 1.807) is 0 Å². The molecule has 42 heavy (non-hydrogen) atoms. The third-order valence-corrected chi connectivity index (χ3v) is 5.90. The fourth-order valence-electron chi connectivity index (χ4n) is 3.99. The van der Waals surface area contributed by atoms with E-state index in [9.17, 15) is 26.3 Å². The van der Waals surface area contributed by atoms with Crippen LogP contribution in [0, 0.1) is 6.92 Å². The molecule has 2 aliphatic heterocycles. The van der Waals surface area contributed by atoms with E-state index >= 15 is 0 Å². The molecular weight excluding hydrogens is 580 g/mol. The molecule has 0 radical (unpaired) electrons. The fraction of sp³-hybridized carbons (Fsp3) is 0.400. The zero-order chi connectivity index (χ0) is 31.1. The first-order valence-corrected chi connectivity index (χ1v) is 12.2. The quantitative estimate of drug-likeness (QED) is 0.375. The highest BCUT2D eigenvalue weighted by molar-refractivity contribution is 5.73. The number of para-hydroxylation sites is 1. The maximum absolute atomic E-state index is 10.6. The van der Waals surface area contributed by atoms with Crippen LogP contribution in [0.15, 0.2) is 35.0 Å². The summed E-state index contributed by atoms with van der Waals surface area (Å²) in [5.41, 5.74) is 5.67. The minimum Gasteiger partial charge on any atom is -0.492 e. The summed E-state index contributed by atoms with van der Waals surface area (Å²) in [6.45, 7) is 6.69. The maximum Gasteiger partial charge on any atom is 0.490 e. The number of rotatable bonds is 3. The molecule has 1 aromatic carbocycles. The second kappa shape index (κ2) is 13.6. The van der Waals surface area contributed by atoms with Crippen LogP contribution in [-0.2, 0) is 35.6 Å². The van der Waals surface area contributed by atoms with Gasteiger partial charge in [0.05, 0.1) is 6.54 Å². The number of nitrogens with zero attached hydrogens (tertiary/aromatic N) is 4. The molecule has 0 bridgehead atoms. The molecule has 0 saturated carbocycles. The molecule has 3 aromatic rings. The fourth-order valence-corrected chi connectivity index (χ4v) is 3.99. The minimum atomic E-state index is -5.08. The molecule has 11 nitrogen and oxygen atoms in total. The number of aliphatic carboxylic acids is 2. The van der Waals surface area contributed by atoms with Gasteiger partial charge < -0.3 is 24.8 Å². The van der Waals surface area contributed by atoms with Crippen LogP contribution >= 0.6 is 0 Å². The number of halogens is 6. The summed E-state index contributed by atoms with van der Waals surface area (Å²) in [6.07, 6.45) is -7.26. The van der Waals surface area contributed by atoms with Crippen molar-refractivity contribution in [2.45, 2.75) is 45.3 Å². The number of carboxylic acids is 2. The van der Waals surface area contributed by atoms with Gasteiger partial charge in [0.1, 0.15) is 12.4 Å². The number of hydrogen-bond donors (Lipinski definition) is 3. The number of nitrogens with one attached hydrogen (secondary N) is 1. The van der Waals surface area contributed by atoms with Gasteiger partial charge in [-0.05, 0) is 37.1 Å². The van der Waals surface area contributed by atoms with Gasteiger partial charge in [0.25, 0.3) is 0 Å². The Morgan fingerprint density at radius 3 is 2.33 bits per heavy atom. The molecule has 0 fully saturated rings. The van der Waals surface area contributed by atoms with Crippen molar-refractivity contribution >= 4 is 11.9 Å². The topological polar surface area (TPSA) is 151 Å². The summed E-state index contributed by atoms with van der Waals surface area (Å²) in [5.74, 6) is -3.28. The molecule has 5 rings (SSSR count). The Morgan fingerprint density at radius 2 is 1.69 bits per heavy atom. The van der Waals surface area contributed by atoms with Crippen LogP contribution in [0.1, 0.15) is 28.3 Å². The number of benzene rings is 1. The summed E-state index contributed by atoms with van der Waals surface area (Å²) >= 11 is 0. The van der Waals surface area contributed by atoms with Gasteiger partial charge in [0, 0.05) is 42.7 Å². The van der Waals surface area contributed by atoms with Gasteiger partial charge >= 0.3 is 24.3 Å². The smallest absolute Gasteiger partial charge is 0.490 e. The highest BCUT2D eigenvalue weighted by Crippen LogP contribution is 2.29. The van der Waals surface area contributed by atoms with E-state index in [-0.39, 0.29) is 0 Å². The van der Waals surface area contributed by atoms with Crippen LogP contribution < -0.4 is 10.1 Å². The second-order valence-corrected chi connectivity index (χ2v) is 8.93. The van der Waals surface area contributed by atoms with E-state index in [0.29, 0.717) is 24.9 Å². The summed E-state index contributed by atoms with van der Waals surface area (Å²) < 4.78 is 74.9. The van der Waals surface area contributed by atoms with Gasteiger partial charge in [-0.15, -0.1) is 0 Å². The van der Waals surface area contributed by atoms with Gasteiger partial charge in [-0.3, -0.25) is 9.88 Å². The third-order valence-electron chi connectivity index (χ3n) is 5.90. The minimum absolute atomic E-state index is 0.605. The average molecular weight is 605 g/mol. The lowest BCUT2D eigenvalue weighted by Gasteiger charge is -2.19. The zero-order valence-corrected chi connectivity index (χ0v) is 21.9. The van der Waals surface area contributed by atoms with E-state index in [4.69, 9.17) is 34.0 Å². The third kappa shape index (κ3) is 8.87. The van der Waals surface area contributed by atoms with Crippen molar-refractivity contribution in [2.24, 2.45) is 0 Å². The summed E-state index contributed by atoms with van der Waals surface area (Å²) in [7, 11) is 0. The van der Waals surface area contributed by atoms with Crippen molar-refractivity contribution in [3.8, 4) is 17.1 Å². The number of aromatic nitrogens is 3.